The van der Waals surface area contributed by atoms with Crippen molar-refractivity contribution in [2.24, 2.45) is 0 Å². The number of alkyl halides is 1. The Hall–Kier alpha value is -1.33. The molecule has 0 fully saturated rings. The molecular formula is C15H22ClN3O2. The largest absolute Gasteiger partial charge is 0.481 e. The summed E-state index contributed by atoms with van der Waals surface area (Å²) in [6, 6.07) is 3.72. The molecule has 0 unspecified atom stereocenters. The van der Waals surface area contributed by atoms with Crippen LogP contribution in [0.15, 0.2) is 12.1 Å². The van der Waals surface area contributed by atoms with E-state index in [0.717, 1.165) is 56.0 Å². The van der Waals surface area contributed by atoms with Crippen LogP contribution in [0.25, 0.3) is 11.2 Å². The zero-order valence-corrected chi connectivity index (χ0v) is 13.4. The zero-order valence-electron chi connectivity index (χ0n) is 12.6. The van der Waals surface area contributed by atoms with Gasteiger partial charge in [-0.3, -0.25) is 0 Å². The third-order valence-electron chi connectivity index (χ3n) is 3.29. The van der Waals surface area contributed by atoms with Crippen molar-refractivity contribution in [1.82, 2.24) is 14.5 Å². The summed E-state index contributed by atoms with van der Waals surface area (Å²) in [5.41, 5.74) is 1.66. The number of imidazole rings is 1. The van der Waals surface area contributed by atoms with Crippen LogP contribution < -0.4 is 4.74 Å². The number of unbranched alkanes of at least 4 members (excludes halogenated alkanes) is 1. The number of methoxy groups -OCH3 is 1. The second kappa shape index (κ2) is 8.20. The molecule has 6 heteroatoms. The third-order valence-corrected chi connectivity index (χ3v) is 3.53. The van der Waals surface area contributed by atoms with E-state index in [9.17, 15) is 0 Å². The highest BCUT2D eigenvalue weighted by molar-refractivity contribution is 6.16. The Kier molecular flexibility index (Phi) is 6.26. The van der Waals surface area contributed by atoms with Gasteiger partial charge in [-0.15, -0.1) is 11.6 Å². The van der Waals surface area contributed by atoms with Gasteiger partial charge in [-0.1, -0.05) is 13.3 Å². The van der Waals surface area contributed by atoms with Gasteiger partial charge in [0.2, 0.25) is 5.88 Å². The molecule has 5 nitrogen and oxygen atoms in total. The van der Waals surface area contributed by atoms with Gasteiger partial charge >= 0.3 is 0 Å². The van der Waals surface area contributed by atoms with Gasteiger partial charge in [0, 0.05) is 25.8 Å². The van der Waals surface area contributed by atoms with E-state index < -0.39 is 0 Å². The van der Waals surface area contributed by atoms with E-state index in [0.29, 0.717) is 11.8 Å². The minimum Gasteiger partial charge on any atom is -0.481 e. The van der Waals surface area contributed by atoms with Crippen molar-refractivity contribution in [3.63, 3.8) is 0 Å². The average Bonchev–Trinajstić information content (AvgIpc) is 2.87. The summed E-state index contributed by atoms with van der Waals surface area (Å²) in [4.78, 5) is 8.98. The molecule has 0 spiro atoms. The number of rotatable bonds is 9. The molecule has 0 aliphatic heterocycles. The number of ether oxygens (including phenoxy) is 2. The zero-order chi connectivity index (χ0) is 15.1. The number of hydrogen-bond acceptors (Lipinski definition) is 4. The number of fused-ring (bicyclic) bond motifs is 1. The van der Waals surface area contributed by atoms with Crippen LogP contribution in [-0.2, 0) is 17.2 Å². The van der Waals surface area contributed by atoms with Crippen molar-refractivity contribution in [2.75, 3.05) is 20.3 Å². The minimum atomic E-state index is 0.370. The molecule has 0 atom stereocenters. The number of pyridine rings is 1. The minimum absolute atomic E-state index is 0.370. The van der Waals surface area contributed by atoms with Crippen molar-refractivity contribution < 1.29 is 9.47 Å². The second-order valence-corrected chi connectivity index (χ2v) is 5.10. The van der Waals surface area contributed by atoms with Gasteiger partial charge in [0.15, 0.2) is 5.65 Å². The molecule has 116 valence electrons. The Labute approximate surface area is 130 Å². The highest BCUT2D eigenvalue weighted by Crippen LogP contribution is 2.19. The first kappa shape index (κ1) is 16.0. The normalized spacial score (nSPS) is 11.2. The Morgan fingerprint density at radius 1 is 1.19 bits per heavy atom. The summed E-state index contributed by atoms with van der Waals surface area (Å²) >= 11 is 5.98. The van der Waals surface area contributed by atoms with Crippen LogP contribution in [0.3, 0.4) is 0 Å². The highest BCUT2D eigenvalue weighted by atomic mass is 35.5. The molecule has 0 aliphatic rings. The summed E-state index contributed by atoms with van der Waals surface area (Å²) < 4.78 is 12.8. The van der Waals surface area contributed by atoms with Gasteiger partial charge < -0.3 is 14.0 Å². The number of aryl methyl sites for hydroxylation is 1. The van der Waals surface area contributed by atoms with Gasteiger partial charge in [0.1, 0.15) is 11.3 Å². The standard InChI is InChI=1S/C15H22ClN3O2/c1-3-4-9-21-10-5-8-19-13(11-16)17-12-6-7-14(20-2)18-15(12)19/h6-7H,3-5,8-11H2,1-2H3. The van der Waals surface area contributed by atoms with Gasteiger partial charge in [0.25, 0.3) is 0 Å². The summed E-state index contributed by atoms with van der Waals surface area (Å²) in [6.07, 6.45) is 3.18. The Balaban J connectivity index is 2.05. The number of aromatic nitrogens is 3. The topological polar surface area (TPSA) is 49.2 Å². The SMILES string of the molecule is CCCCOCCCn1c(CCl)nc2ccc(OC)nc21. The molecule has 0 aromatic carbocycles. The van der Waals surface area contributed by atoms with Gasteiger partial charge in [-0.25, -0.2) is 4.98 Å². The van der Waals surface area contributed by atoms with E-state index >= 15 is 0 Å². The molecule has 0 saturated carbocycles. The highest BCUT2D eigenvalue weighted by Gasteiger charge is 2.12. The fourth-order valence-corrected chi connectivity index (χ4v) is 2.36. The molecule has 2 aromatic rings. The van der Waals surface area contributed by atoms with Crippen molar-refractivity contribution in [2.45, 2.75) is 38.6 Å². The lowest BCUT2D eigenvalue weighted by Crippen LogP contribution is -2.07. The fourth-order valence-electron chi connectivity index (χ4n) is 2.16. The Morgan fingerprint density at radius 3 is 2.71 bits per heavy atom. The van der Waals surface area contributed by atoms with Crippen LogP contribution in [0, 0.1) is 0 Å². The van der Waals surface area contributed by atoms with E-state index in [1.165, 1.54) is 0 Å². The smallest absolute Gasteiger partial charge is 0.215 e. The molecule has 0 saturated heterocycles. The summed E-state index contributed by atoms with van der Waals surface area (Å²) in [6.45, 7) is 4.53. The predicted octanol–water partition coefficient (Wildman–Crippen LogP) is 3.39. The van der Waals surface area contributed by atoms with Crippen molar-refractivity contribution in [3.8, 4) is 5.88 Å². The maximum Gasteiger partial charge on any atom is 0.215 e. The van der Waals surface area contributed by atoms with E-state index in [1.807, 2.05) is 16.7 Å². The van der Waals surface area contributed by atoms with Crippen LogP contribution >= 0.6 is 11.6 Å². The van der Waals surface area contributed by atoms with Gasteiger partial charge in [0.05, 0.1) is 13.0 Å². The van der Waals surface area contributed by atoms with E-state index in [2.05, 4.69) is 16.9 Å². The molecule has 0 amide bonds. The molecule has 2 heterocycles. The molecule has 21 heavy (non-hydrogen) atoms. The second-order valence-electron chi connectivity index (χ2n) is 4.83. The first-order chi connectivity index (χ1) is 10.3. The molecule has 0 radical (unpaired) electrons. The monoisotopic (exact) mass is 311 g/mol. The number of nitrogens with zero attached hydrogens (tertiary/aromatic N) is 3. The first-order valence-corrected chi connectivity index (χ1v) is 7.87. The van der Waals surface area contributed by atoms with E-state index in [-0.39, 0.29) is 0 Å². The molecule has 0 aliphatic carbocycles. The predicted molar refractivity (Wildman–Crippen MR) is 84.0 cm³/mol. The van der Waals surface area contributed by atoms with Crippen molar-refractivity contribution in [3.05, 3.63) is 18.0 Å². The molecule has 2 aromatic heterocycles. The average molecular weight is 312 g/mol. The molecule has 2 rings (SSSR count). The summed E-state index contributed by atoms with van der Waals surface area (Å²) in [5, 5.41) is 0. The first-order valence-electron chi connectivity index (χ1n) is 7.34. The number of hydrogen-bond donors (Lipinski definition) is 0. The lowest BCUT2D eigenvalue weighted by atomic mass is 10.3. The van der Waals surface area contributed by atoms with Crippen molar-refractivity contribution in [1.29, 1.82) is 0 Å². The van der Waals surface area contributed by atoms with Crippen molar-refractivity contribution >= 4 is 22.8 Å². The maximum atomic E-state index is 5.98. The number of halogens is 1. The van der Waals surface area contributed by atoms with E-state index in [4.69, 9.17) is 21.1 Å². The lowest BCUT2D eigenvalue weighted by molar-refractivity contribution is 0.126. The fraction of sp³-hybridized carbons (Fsp3) is 0.600. The molecule has 0 bridgehead atoms. The van der Waals surface area contributed by atoms with Gasteiger partial charge in [-0.2, -0.15) is 4.98 Å². The van der Waals surface area contributed by atoms with Crippen LogP contribution in [0.5, 0.6) is 5.88 Å². The van der Waals surface area contributed by atoms with Crippen LogP contribution in [-0.4, -0.2) is 34.9 Å². The quantitative estimate of drug-likeness (QED) is 0.526. The maximum absolute atomic E-state index is 5.98. The van der Waals surface area contributed by atoms with Crippen LogP contribution in [0.1, 0.15) is 32.0 Å². The molecule has 0 N–H and O–H groups in total. The Bertz CT molecular complexity index is 571. The summed E-state index contributed by atoms with van der Waals surface area (Å²) in [7, 11) is 1.61. The third kappa shape index (κ3) is 4.08. The van der Waals surface area contributed by atoms with Crippen LogP contribution in [0.2, 0.25) is 0 Å². The van der Waals surface area contributed by atoms with E-state index in [1.54, 1.807) is 7.11 Å². The lowest BCUT2D eigenvalue weighted by Gasteiger charge is -2.08. The molecular weight excluding hydrogens is 290 g/mol. The van der Waals surface area contributed by atoms with Gasteiger partial charge in [-0.05, 0) is 18.9 Å². The van der Waals surface area contributed by atoms with Crippen LogP contribution in [0.4, 0.5) is 0 Å². The summed E-state index contributed by atoms with van der Waals surface area (Å²) in [5.74, 6) is 1.79. The Morgan fingerprint density at radius 2 is 2.00 bits per heavy atom.